The van der Waals surface area contributed by atoms with Crippen LogP contribution in [0.25, 0.3) is 23.2 Å². The Labute approximate surface area is 415 Å². The van der Waals surface area contributed by atoms with Crippen LogP contribution in [0.4, 0.5) is 38.5 Å². The first kappa shape index (κ1) is 50.6. The lowest BCUT2D eigenvalue weighted by molar-refractivity contribution is -0.136. The summed E-state index contributed by atoms with van der Waals surface area (Å²) in [6, 6.07) is 1.29. The molecule has 9 rings (SSSR count). The summed E-state index contributed by atoms with van der Waals surface area (Å²) < 4.78 is 76.9. The van der Waals surface area contributed by atoms with Crippen LogP contribution >= 0.6 is 0 Å². The summed E-state index contributed by atoms with van der Waals surface area (Å²) in [4.78, 5) is 75.5. The van der Waals surface area contributed by atoms with Crippen LogP contribution in [0, 0.1) is 34.7 Å². The van der Waals surface area contributed by atoms with Crippen molar-refractivity contribution in [3.8, 4) is 0 Å². The molecule has 72 heavy (non-hydrogen) atoms. The third-order valence-electron chi connectivity index (χ3n) is 15.7. The fourth-order valence-electron chi connectivity index (χ4n) is 11.9. The fraction of sp³-hybridized carbons (Fsp3) is 0.577. The number of carbonyl (C=O) groups is 4. The van der Waals surface area contributed by atoms with Crippen LogP contribution in [0.5, 0.6) is 0 Å². The van der Waals surface area contributed by atoms with Gasteiger partial charge in [-0.05, 0) is 100.0 Å². The number of alkyl halides is 1. The first-order valence-electron chi connectivity index (χ1n) is 25.4. The summed E-state index contributed by atoms with van der Waals surface area (Å²) in [6.45, 7) is 10.9. The van der Waals surface area contributed by atoms with Crippen molar-refractivity contribution in [3.05, 3.63) is 69.6 Å². The lowest BCUT2D eigenvalue weighted by atomic mass is 9.74. The summed E-state index contributed by atoms with van der Waals surface area (Å²) in [7, 11) is 2.47. The van der Waals surface area contributed by atoms with E-state index in [2.05, 4.69) is 20.6 Å². The molecule has 16 nitrogen and oxygen atoms in total. The molecule has 2 aromatic carbocycles. The van der Waals surface area contributed by atoms with E-state index >= 15 is 17.6 Å². The van der Waals surface area contributed by atoms with Crippen molar-refractivity contribution in [1.29, 1.82) is 0 Å². The van der Waals surface area contributed by atoms with Gasteiger partial charge >= 0.3 is 12.2 Å². The molecule has 2 unspecified atom stereocenters. The Morgan fingerprint density at radius 1 is 0.708 bits per heavy atom. The van der Waals surface area contributed by atoms with Gasteiger partial charge in [0.15, 0.2) is 11.6 Å². The quantitative estimate of drug-likeness (QED) is 0.107. The van der Waals surface area contributed by atoms with Crippen LogP contribution in [0.2, 0.25) is 0 Å². The number of anilines is 2. The number of ether oxygens (including phenoxy) is 2. The van der Waals surface area contributed by atoms with Crippen LogP contribution in [0.1, 0.15) is 128 Å². The normalized spacial score (nSPS) is 25.1. The van der Waals surface area contributed by atoms with E-state index in [9.17, 15) is 19.2 Å². The van der Waals surface area contributed by atoms with Gasteiger partial charge in [0.2, 0.25) is 11.8 Å². The number of imidazole rings is 2. The van der Waals surface area contributed by atoms with Crippen molar-refractivity contribution < 1.29 is 46.2 Å². The molecule has 20 heteroatoms. The number of aromatic amines is 2. The predicted octanol–water partition coefficient (Wildman–Crippen LogP) is 7.11. The Hall–Kier alpha value is -6.34. The number of aromatic nitrogens is 4. The molecule has 6 heterocycles. The Kier molecular flexibility index (Phi) is 14.3. The minimum absolute atomic E-state index is 0.120. The highest BCUT2D eigenvalue weighted by molar-refractivity contribution is 5.87. The Bertz CT molecular complexity index is 2830. The smallest absolute Gasteiger partial charge is 0.407 e. The fourth-order valence-corrected chi connectivity index (χ4v) is 11.9. The van der Waals surface area contributed by atoms with Gasteiger partial charge in [-0.15, -0.1) is 0 Å². The standard InChI is InChI=1S/C52H66F4N10O6/c1-27(2)43(61-50(69)71-6)48(67)64-19-11-13-39(64)46-57-34-23-30(31(53)24-35(34)58-46)38-15-16-42(66(38)29-21-32(54)45(33(55)22-29)63-17-9-8-10-18-63)52(5)26-37-36(25-41(52)56)59-47(60-37)40-14-12-20-65(40)49(68)44(28(3)4)62-51(70)72-7/h21-28,38-44H,8-20H2,1-7H3,(H,57,58)(H,59,60)(H,61,69)(H,62,70)/t38-,39+,40+,41?,42+,43+,44+,52?/m1/s1. The van der Waals surface area contributed by atoms with E-state index in [0.29, 0.717) is 98.1 Å². The number of nitrogens with one attached hydrogen (secondary N) is 4. The monoisotopic (exact) mass is 1000 g/mol. The van der Waals surface area contributed by atoms with Crippen molar-refractivity contribution in [3.63, 3.8) is 0 Å². The third kappa shape index (κ3) is 9.33. The van der Waals surface area contributed by atoms with Crippen molar-refractivity contribution in [2.45, 2.75) is 135 Å². The minimum atomic E-state index is -1.65. The van der Waals surface area contributed by atoms with Crippen LogP contribution in [-0.4, -0.2) is 118 Å². The number of amides is 4. The zero-order valence-electron chi connectivity index (χ0n) is 42.0. The highest BCUT2D eigenvalue weighted by Gasteiger charge is 2.50. The lowest BCUT2D eigenvalue weighted by Crippen LogP contribution is -2.51. The van der Waals surface area contributed by atoms with E-state index < -0.39 is 77.5 Å². The number of benzene rings is 2. The van der Waals surface area contributed by atoms with E-state index in [1.807, 2.05) is 27.7 Å². The molecule has 0 bridgehead atoms. The molecule has 4 N–H and O–H groups in total. The molecule has 4 aromatic rings. The second-order valence-electron chi connectivity index (χ2n) is 20.9. The summed E-state index contributed by atoms with van der Waals surface area (Å²) in [5, 5.41) is 6.20. The average molecular weight is 1000 g/mol. The highest BCUT2D eigenvalue weighted by Crippen LogP contribution is 2.51. The number of nitrogens with zero attached hydrogens (tertiary/aromatic N) is 6. The zero-order chi connectivity index (χ0) is 51.3. The van der Waals surface area contributed by atoms with Gasteiger partial charge in [-0.2, -0.15) is 0 Å². The maximum absolute atomic E-state index is 17.3. The number of fused-ring (bicyclic) bond motifs is 2. The van der Waals surface area contributed by atoms with Gasteiger partial charge in [-0.1, -0.05) is 34.6 Å². The van der Waals surface area contributed by atoms with E-state index in [1.54, 1.807) is 38.7 Å². The third-order valence-corrected chi connectivity index (χ3v) is 15.7. The predicted molar refractivity (Wildman–Crippen MR) is 262 cm³/mol. The van der Waals surface area contributed by atoms with Crippen LogP contribution in [-0.2, 0) is 19.1 Å². The Morgan fingerprint density at radius 3 is 1.83 bits per heavy atom. The summed E-state index contributed by atoms with van der Waals surface area (Å²) in [6.07, 6.45) is 5.81. The Morgan fingerprint density at radius 2 is 1.28 bits per heavy atom. The summed E-state index contributed by atoms with van der Waals surface area (Å²) in [5.74, 6) is -2.29. The van der Waals surface area contributed by atoms with Crippen molar-refractivity contribution >= 4 is 58.6 Å². The topological polar surface area (TPSA) is 181 Å². The number of H-pyrrole nitrogens is 2. The van der Waals surface area contributed by atoms with Gasteiger partial charge in [0, 0.05) is 55.0 Å². The molecular weight excluding hydrogens is 937 g/mol. The van der Waals surface area contributed by atoms with Gasteiger partial charge in [-0.25, -0.2) is 37.1 Å². The minimum Gasteiger partial charge on any atom is -0.453 e. The lowest BCUT2D eigenvalue weighted by Gasteiger charge is -2.44. The number of piperidine rings is 1. The van der Waals surface area contributed by atoms with Crippen molar-refractivity contribution in [2.24, 2.45) is 17.3 Å². The van der Waals surface area contributed by atoms with Crippen LogP contribution < -0.4 is 31.1 Å². The second kappa shape index (κ2) is 20.3. The number of alkyl carbamates (subject to hydrolysis) is 2. The number of rotatable bonds is 12. The van der Waals surface area contributed by atoms with Crippen LogP contribution in [0.3, 0.4) is 0 Å². The van der Waals surface area contributed by atoms with E-state index in [-0.39, 0.29) is 40.6 Å². The molecule has 1 aliphatic carbocycles. The number of hydrogen-bond acceptors (Lipinski definition) is 10. The molecular formula is C52H66F4N10O6. The van der Waals surface area contributed by atoms with E-state index in [0.717, 1.165) is 19.3 Å². The first-order valence-corrected chi connectivity index (χ1v) is 25.4. The van der Waals surface area contributed by atoms with Crippen LogP contribution in [0.15, 0.2) is 24.3 Å². The molecule has 8 atom stereocenters. The number of likely N-dealkylation sites (tertiary alicyclic amines) is 2. The SMILES string of the molecule is COC(=O)N[C@H](C(=O)N1CCC[C@H]1c1nc2c([nH]1)=CC(C)([C@@H]1CC[C@H](c3cc4[nH]c([C@@H]5CCCN5C(=O)[C@@H](NC(=O)OC)C(C)C)nc4cc3F)N1c1cc(F)c(N3CCCCC3)c(F)c1)C(F)C=2)C(C)C. The highest BCUT2D eigenvalue weighted by atomic mass is 19.1. The largest absolute Gasteiger partial charge is 0.453 e. The molecule has 4 amide bonds. The maximum atomic E-state index is 17.3. The maximum Gasteiger partial charge on any atom is 0.407 e. The van der Waals surface area contributed by atoms with Gasteiger partial charge in [-0.3, -0.25) is 9.59 Å². The molecule has 388 valence electrons. The summed E-state index contributed by atoms with van der Waals surface area (Å²) >= 11 is 0. The molecule has 0 radical (unpaired) electrons. The van der Waals surface area contributed by atoms with Gasteiger partial charge in [0.25, 0.3) is 0 Å². The van der Waals surface area contributed by atoms with Crippen molar-refractivity contribution in [2.75, 3.05) is 50.2 Å². The first-order chi connectivity index (χ1) is 34.4. The van der Waals surface area contributed by atoms with Crippen molar-refractivity contribution in [1.82, 2.24) is 40.4 Å². The van der Waals surface area contributed by atoms with Gasteiger partial charge < -0.3 is 49.7 Å². The zero-order valence-corrected chi connectivity index (χ0v) is 42.0. The number of methoxy groups -OCH3 is 2. The number of halogens is 4. The van der Waals surface area contributed by atoms with E-state index in [4.69, 9.17) is 19.4 Å². The number of carbonyl (C=O) groups excluding carboxylic acids is 4. The molecule has 0 saturated carbocycles. The summed E-state index contributed by atoms with van der Waals surface area (Å²) in [5.41, 5.74) is -0.306. The van der Waals surface area contributed by atoms with Gasteiger partial charge in [0.05, 0.1) is 54.1 Å². The molecule has 4 saturated heterocycles. The molecule has 4 aliphatic heterocycles. The second-order valence-corrected chi connectivity index (χ2v) is 20.9. The molecule has 0 spiro atoms. The molecule has 2 aromatic heterocycles. The molecule has 5 aliphatic rings. The van der Waals surface area contributed by atoms with E-state index in [1.165, 1.54) is 38.5 Å². The number of hydrogen-bond donors (Lipinski definition) is 4. The average Bonchev–Trinajstić information content (AvgIpc) is 4.21. The Balaban J connectivity index is 1.07. The molecule has 4 fully saturated rings. The van der Waals surface area contributed by atoms with Gasteiger partial charge in [0.1, 0.15) is 41.4 Å².